The van der Waals surface area contributed by atoms with Crippen LogP contribution < -0.4 is 5.32 Å². The summed E-state index contributed by atoms with van der Waals surface area (Å²) in [5.41, 5.74) is 0.993. The number of amides is 1. The van der Waals surface area contributed by atoms with Crippen LogP contribution in [0.4, 0.5) is 5.69 Å². The van der Waals surface area contributed by atoms with Crippen molar-refractivity contribution in [3.05, 3.63) is 51.1 Å². The first kappa shape index (κ1) is 14.7. The molecule has 0 radical (unpaired) electrons. The number of halogens is 1. The van der Waals surface area contributed by atoms with E-state index in [4.69, 9.17) is 0 Å². The van der Waals surface area contributed by atoms with Gasteiger partial charge in [-0.15, -0.1) is 0 Å². The van der Waals surface area contributed by atoms with E-state index in [2.05, 4.69) is 31.2 Å². The van der Waals surface area contributed by atoms with Crippen LogP contribution in [0.15, 0.2) is 34.9 Å². The lowest BCUT2D eigenvalue weighted by Crippen LogP contribution is -2.51. The Morgan fingerprint density at radius 1 is 1.50 bits per heavy atom. The Hall–Kier alpha value is -2.22. The third-order valence-electron chi connectivity index (χ3n) is 3.73. The fraction of sp³-hybridized carbons (Fsp3) is 0.286. The van der Waals surface area contributed by atoms with Gasteiger partial charge in [0.25, 0.3) is 10.8 Å². The van der Waals surface area contributed by atoms with E-state index in [0.717, 1.165) is 5.56 Å². The molecule has 0 saturated heterocycles. The van der Waals surface area contributed by atoms with Gasteiger partial charge in [0.15, 0.2) is 7.11 Å². The number of aromatic nitrogens is 2. The summed E-state index contributed by atoms with van der Waals surface area (Å²) < 4.78 is 2.31. The highest BCUT2D eigenvalue weighted by atomic mass is 79.9. The van der Waals surface area contributed by atoms with E-state index >= 15 is 0 Å². The van der Waals surface area contributed by atoms with Crippen molar-refractivity contribution in [3.8, 4) is 0 Å². The Morgan fingerprint density at radius 2 is 2.27 bits per heavy atom. The van der Waals surface area contributed by atoms with E-state index in [1.54, 1.807) is 29.1 Å². The minimum Gasteiger partial charge on any atom is -0.340 e. The molecule has 0 bridgehead atoms. The van der Waals surface area contributed by atoms with E-state index in [1.807, 2.05) is 13.0 Å². The average molecular weight is 366 g/mol. The van der Waals surface area contributed by atoms with Crippen molar-refractivity contribution in [1.29, 1.82) is 0 Å². The summed E-state index contributed by atoms with van der Waals surface area (Å²) >= 11 is 3.32. The van der Waals surface area contributed by atoms with Crippen molar-refractivity contribution >= 4 is 27.5 Å². The number of benzene rings is 1. The van der Waals surface area contributed by atoms with Crippen LogP contribution in [0.25, 0.3) is 0 Å². The highest BCUT2D eigenvalue weighted by Crippen LogP contribution is 2.31. The molecular weight excluding hydrogens is 352 g/mol. The van der Waals surface area contributed by atoms with Crippen molar-refractivity contribution in [2.75, 3.05) is 7.11 Å². The van der Waals surface area contributed by atoms with Crippen LogP contribution in [0.2, 0.25) is 0 Å². The predicted octanol–water partition coefficient (Wildman–Crippen LogP) is 2.28. The number of carbonyl (C=O) groups excluding carboxylic acids is 1. The molecule has 1 amide bonds. The Bertz CT molecular complexity index is 773. The number of nitrogens with one attached hydrogen (secondary N) is 1. The normalized spacial score (nSPS) is 20.2. The first-order valence-corrected chi connectivity index (χ1v) is 7.39. The summed E-state index contributed by atoms with van der Waals surface area (Å²) in [7, 11) is 1.30. The van der Waals surface area contributed by atoms with Crippen molar-refractivity contribution in [2.24, 2.45) is 0 Å². The number of fused-ring (bicyclic) bond motifs is 1. The van der Waals surface area contributed by atoms with Gasteiger partial charge in [-0.3, -0.25) is 9.48 Å². The quantitative estimate of drug-likeness (QED) is 0.846. The van der Waals surface area contributed by atoms with Crippen molar-refractivity contribution in [3.63, 3.8) is 0 Å². The van der Waals surface area contributed by atoms with Crippen LogP contribution >= 0.6 is 15.9 Å². The zero-order valence-electron chi connectivity index (χ0n) is 12.0. The topological polar surface area (TPSA) is 76.2 Å². The van der Waals surface area contributed by atoms with E-state index < -0.39 is 5.54 Å². The van der Waals surface area contributed by atoms with Crippen LogP contribution in [0.3, 0.4) is 0 Å². The van der Waals surface area contributed by atoms with Crippen LogP contribution in [-0.4, -0.2) is 27.7 Å². The Morgan fingerprint density at radius 3 is 3.00 bits per heavy atom. The zero-order valence-corrected chi connectivity index (χ0v) is 13.6. The highest BCUT2D eigenvalue weighted by molar-refractivity contribution is 9.10. The molecule has 0 saturated carbocycles. The third-order valence-corrected chi connectivity index (χ3v) is 4.31. The standard InChI is InChI=1S/C14H13BrN4O3/c1-14(9-4-3-5-10(6-9)19(21)22-2)8-18-12(13(20)17-14)11(15)7-16-18/h3-7H,8H2,1-2H3/p+1. The second kappa shape index (κ2) is 5.20. The lowest BCUT2D eigenvalue weighted by Gasteiger charge is -2.35. The number of rotatable bonds is 3. The molecular formula is C14H14BrN4O3+. The molecule has 2 heterocycles. The van der Waals surface area contributed by atoms with Gasteiger partial charge in [0, 0.05) is 12.1 Å². The van der Waals surface area contributed by atoms with Gasteiger partial charge >= 0.3 is 5.69 Å². The van der Waals surface area contributed by atoms with Gasteiger partial charge in [0.05, 0.1) is 27.7 Å². The van der Waals surface area contributed by atoms with Crippen LogP contribution in [0.5, 0.6) is 0 Å². The molecule has 22 heavy (non-hydrogen) atoms. The molecule has 2 aromatic rings. The largest absolute Gasteiger partial charge is 0.340 e. The summed E-state index contributed by atoms with van der Waals surface area (Å²) in [6.07, 6.45) is 1.60. The highest BCUT2D eigenvalue weighted by Gasteiger charge is 2.38. The lowest BCUT2D eigenvalue weighted by atomic mass is 9.90. The van der Waals surface area contributed by atoms with Crippen LogP contribution in [0.1, 0.15) is 23.0 Å². The molecule has 1 aliphatic rings. The lowest BCUT2D eigenvalue weighted by molar-refractivity contribution is -0.736. The Labute approximate surface area is 134 Å². The van der Waals surface area contributed by atoms with E-state index in [1.165, 1.54) is 7.11 Å². The predicted molar refractivity (Wildman–Crippen MR) is 81.5 cm³/mol. The van der Waals surface area contributed by atoms with Gasteiger partial charge in [-0.2, -0.15) is 5.10 Å². The van der Waals surface area contributed by atoms with Gasteiger partial charge in [-0.25, -0.2) is 4.84 Å². The molecule has 1 atom stereocenters. The minimum absolute atomic E-state index is 0.214. The molecule has 8 heteroatoms. The molecule has 1 aliphatic heterocycles. The van der Waals surface area contributed by atoms with Crippen molar-refractivity contribution in [1.82, 2.24) is 15.1 Å². The molecule has 1 aromatic carbocycles. The van der Waals surface area contributed by atoms with Gasteiger partial charge in [-0.05, 0) is 28.4 Å². The molecule has 0 spiro atoms. The zero-order chi connectivity index (χ0) is 15.9. The second-order valence-electron chi connectivity index (χ2n) is 5.28. The average Bonchev–Trinajstić information content (AvgIpc) is 2.87. The first-order valence-electron chi connectivity index (χ1n) is 6.60. The first-order chi connectivity index (χ1) is 10.4. The van der Waals surface area contributed by atoms with Crippen LogP contribution in [0, 0.1) is 4.91 Å². The molecule has 3 rings (SSSR count). The fourth-order valence-electron chi connectivity index (χ4n) is 2.59. The summed E-state index contributed by atoms with van der Waals surface area (Å²) in [4.78, 5) is 29.0. The molecule has 7 nitrogen and oxygen atoms in total. The number of nitrogens with zero attached hydrogens (tertiary/aromatic N) is 3. The van der Waals surface area contributed by atoms with Crippen LogP contribution in [-0.2, 0) is 16.9 Å². The summed E-state index contributed by atoms with van der Waals surface area (Å²) in [6.45, 7) is 2.36. The fourth-order valence-corrected chi connectivity index (χ4v) is 3.06. The summed E-state index contributed by atoms with van der Waals surface area (Å²) in [5, 5.41) is 7.20. The maximum Gasteiger partial charge on any atom is 0.317 e. The smallest absolute Gasteiger partial charge is 0.317 e. The maximum absolute atomic E-state index is 12.3. The van der Waals surface area contributed by atoms with E-state index in [-0.39, 0.29) is 5.91 Å². The number of hydrogen-bond donors (Lipinski definition) is 1. The SMILES string of the molecule is CO[N+](=O)c1cccc(C2(C)Cn3ncc(Br)c3C(=O)N2)c1. The molecule has 1 aromatic heterocycles. The maximum atomic E-state index is 12.3. The summed E-state index contributed by atoms with van der Waals surface area (Å²) in [6, 6.07) is 6.95. The van der Waals surface area contributed by atoms with E-state index in [0.29, 0.717) is 27.3 Å². The molecule has 1 N–H and O–H groups in total. The minimum atomic E-state index is -0.667. The number of carbonyl (C=O) groups is 1. The molecule has 0 fully saturated rings. The molecule has 114 valence electrons. The van der Waals surface area contributed by atoms with Gasteiger partial charge < -0.3 is 5.32 Å². The monoisotopic (exact) mass is 365 g/mol. The molecule has 1 unspecified atom stereocenters. The molecule has 0 aliphatic carbocycles. The Balaban J connectivity index is 2.02. The van der Waals surface area contributed by atoms with Crippen molar-refractivity contribution in [2.45, 2.75) is 19.0 Å². The second-order valence-corrected chi connectivity index (χ2v) is 6.13. The Kier molecular flexibility index (Phi) is 3.48. The van der Waals surface area contributed by atoms with Gasteiger partial charge in [0.2, 0.25) is 0 Å². The third kappa shape index (κ3) is 2.29. The van der Waals surface area contributed by atoms with E-state index in [9.17, 15) is 9.70 Å². The van der Waals surface area contributed by atoms with Gasteiger partial charge in [-0.1, -0.05) is 12.1 Å². The van der Waals surface area contributed by atoms with Crippen molar-refractivity contribution < 1.29 is 14.6 Å². The summed E-state index contributed by atoms with van der Waals surface area (Å²) in [5.74, 6) is -0.214. The number of hydrogen-bond acceptors (Lipinski definition) is 4. The van der Waals surface area contributed by atoms with Gasteiger partial charge in [0.1, 0.15) is 5.69 Å².